The van der Waals surface area contributed by atoms with E-state index in [1.165, 1.54) is 38.3 Å². The van der Waals surface area contributed by atoms with Crippen LogP contribution in [0.2, 0.25) is 0 Å². The maximum Gasteiger partial charge on any atom is 0.341 e. The second-order valence-electron chi connectivity index (χ2n) is 4.10. The smallest absolute Gasteiger partial charge is 0.341 e. The van der Waals surface area contributed by atoms with Gasteiger partial charge in [0.2, 0.25) is 0 Å². The molecular formula is C14H15NO6. The summed E-state index contributed by atoms with van der Waals surface area (Å²) in [5, 5.41) is 10.7. The van der Waals surface area contributed by atoms with Crippen LogP contribution < -0.4 is 0 Å². The molecule has 0 saturated carbocycles. The molecule has 21 heavy (non-hydrogen) atoms. The number of ether oxygens (including phenoxy) is 2. The lowest BCUT2D eigenvalue weighted by Crippen LogP contribution is -2.16. The van der Waals surface area contributed by atoms with Crippen molar-refractivity contribution in [3.05, 3.63) is 45.5 Å². The van der Waals surface area contributed by atoms with Crippen LogP contribution in [-0.2, 0) is 19.1 Å². The minimum atomic E-state index is -0.786. The van der Waals surface area contributed by atoms with Crippen molar-refractivity contribution in [2.45, 2.75) is 6.92 Å². The highest BCUT2D eigenvalue weighted by Crippen LogP contribution is 2.16. The van der Waals surface area contributed by atoms with Crippen LogP contribution >= 0.6 is 0 Å². The van der Waals surface area contributed by atoms with E-state index in [0.29, 0.717) is 5.56 Å². The van der Waals surface area contributed by atoms with Gasteiger partial charge < -0.3 is 9.47 Å². The molecule has 7 nitrogen and oxygen atoms in total. The van der Waals surface area contributed by atoms with Crippen molar-refractivity contribution in [1.82, 2.24) is 0 Å². The van der Waals surface area contributed by atoms with Crippen molar-refractivity contribution in [3.63, 3.8) is 0 Å². The Kier molecular flexibility index (Phi) is 6.22. The maximum atomic E-state index is 11.8. The number of benzene rings is 1. The summed E-state index contributed by atoms with van der Waals surface area (Å²) in [6, 6.07) is 5.61. The van der Waals surface area contributed by atoms with E-state index in [4.69, 9.17) is 9.47 Å². The quantitative estimate of drug-likeness (QED) is 0.144. The number of hydrogen-bond donors (Lipinski definition) is 0. The predicted molar refractivity (Wildman–Crippen MR) is 74.6 cm³/mol. The molecule has 0 saturated heterocycles. The monoisotopic (exact) mass is 293 g/mol. The number of non-ortho nitro benzene ring substituents is 1. The third-order valence-corrected chi connectivity index (χ3v) is 2.51. The molecule has 112 valence electrons. The van der Waals surface area contributed by atoms with Crippen LogP contribution in [-0.4, -0.2) is 37.0 Å². The highest BCUT2D eigenvalue weighted by Gasteiger charge is 2.16. The lowest BCUT2D eigenvalue weighted by molar-refractivity contribution is -0.384. The number of rotatable bonds is 7. The van der Waals surface area contributed by atoms with Crippen LogP contribution in [0.3, 0.4) is 0 Å². The van der Waals surface area contributed by atoms with Gasteiger partial charge in [0.05, 0.1) is 11.5 Å². The molecule has 1 aromatic carbocycles. The summed E-state index contributed by atoms with van der Waals surface area (Å²) in [5.41, 5.74) is 0.0732. The highest BCUT2D eigenvalue weighted by molar-refractivity contribution is 6.19. The van der Waals surface area contributed by atoms with E-state index in [1.807, 2.05) is 0 Å². The van der Waals surface area contributed by atoms with Crippen molar-refractivity contribution < 1.29 is 24.0 Å². The van der Waals surface area contributed by atoms with Crippen molar-refractivity contribution in [2.24, 2.45) is 0 Å². The maximum absolute atomic E-state index is 11.8. The Morgan fingerprint density at radius 3 is 2.62 bits per heavy atom. The first-order valence-electron chi connectivity index (χ1n) is 6.09. The SMILES string of the molecule is COCCOC(=O)/C(=C\c1cccc([N+](=O)[O-])c1)C(C)=O. The summed E-state index contributed by atoms with van der Waals surface area (Å²) in [4.78, 5) is 33.4. The number of nitro benzene ring substituents is 1. The Labute approximate surface area is 121 Å². The number of nitro groups is 1. The number of carbonyl (C=O) groups excluding carboxylic acids is 2. The van der Waals surface area contributed by atoms with E-state index >= 15 is 0 Å². The van der Waals surface area contributed by atoms with Gasteiger partial charge in [-0.1, -0.05) is 12.1 Å². The standard InChI is InChI=1S/C14H15NO6/c1-10(16)13(14(17)21-7-6-20-2)9-11-4-3-5-12(8-11)15(18)19/h3-5,8-9H,6-7H2,1-2H3/b13-9-. The van der Waals surface area contributed by atoms with E-state index in [2.05, 4.69) is 0 Å². The molecule has 0 amide bonds. The fourth-order valence-electron chi connectivity index (χ4n) is 1.49. The average molecular weight is 293 g/mol. The van der Waals surface area contributed by atoms with Crippen LogP contribution in [0.15, 0.2) is 29.8 Å². The molecule has 0 spiro atoms. The van der Waals surface area contributed by atoms with E-state index in [9.17, 15) is 19.7 Å². The van der Waals surface area contributed by atoms with Gasteiger partial charge in [-0.25, -0.2) is 4.79 Å². The molecule has 0 heterocycles. The number of Topliss-reactive ketones (excluding diaryl/α,β-unsaturated/α-hetero) is 1. The van der Waals surface area contributed by atoms with Crippen LogP contribution in [0.25, 0.3) is 6.08 Å². The Hall–Kier alpha value is -2.54. The predicted octanol–water partition coefficient (Wildman–Crippen LogP) is 1.76. The molecule has 0 aliphatic heterocycles. The van der Waals surface area contributed by atoms with E-state index in [-0.39, 0.29) is 24.5 Å². The third kappa shape index (κ3) is 5.15. The van der Waals surface area contributed by atoms with E-state index in [1.54, 1.807) is 6.07 Å². The number of nitrogens with zero attached hydrogens (tertiary/aromatic N) is 1. The Balaban J connectivity index is 2.99. The van der Waals surface area contributed by atoms with Crippen LogP contribution in [0.5, 0.6) is 0 Å². The Morgan fingerprint density at radius 2 is 2.05 bits per heavy atom. The van der Waals surface area contributed by atoms with Gasteiger partial charge in [-0.3, -0.25) is 14.9 Å². The molecule has 0 bridgehead atoms. The first-order chi connectivity index (χ1) is 9.95. The second kappa shape index (κ2) is 7.91. The summed E-state index contributed by atoms with van der Waals surface area (Å²) < 4.78 is 9.61. The van der Waals surface area contributed by atoms with E-state index < -0.39 is 16.7 Å². The van der Waals surface area contributed by atoms with Gasteiger partial charge in [0, 0.05) is 19.2 Å². The molecule has 0 radical (unpaired) electrons. The van der Waals surface area contributed by atoms with Gasteiger partial charge in [0.15, 0.2) is 5.78 Å². The molecule has 0 aliphatic carbocycles. The average Bonchev–Trinajstić information content (AvgIpc) is 2.44. The zero-order valence-corrected chi connectivity index (χ0v) is 11.7. The summed E-state index contributed by atoms with van der Waals surface area (Å²) >= 11 is 0. The molecule has 7 heteroatoms. The Bertz CT molecular complexity index is 579. The van der Waals surface area contributed by atoms with Crippen molar-refractivity contribution in [1.29, 1.82) is 0 Å². The van der Waals surface area contributed by atoms with Crippen LogP contribution in [0.4, 0.5) is 5.69 Å². The van der Waals surface area contributed by atoms with Gasteiger partial charge in [0.25, 0.3) is 5.69 Å². The van der Waals surface area contributed by atoms with Gasteiger partial charge in [0.1, 0.15) is 12.2 Å². The second-order valence-corrected chi connectivity index (χ2v) is 4.10. The molecular weight excluding hydrogens is 278 g/mol. The van der Waals surface area contributed by atoms with Crippen LogP contribution in [0, 0.1) is 10.1 Å². The van der Waals surface area contributed by atoms with Crippen LogP contribution in [0.1, 0.15) is 12.5 Å². The topological polar surface area (TPSA) is 95.7 Å². The number of esters is 1. The van der Waals surface area contributed by atoms with Gasteiger partial charge in [-0.15, -0.1) is 0 Å². The summed E-state index contributed by atoms with van der Waals surface area (Å²) in [6.45, 7) is 1.46. The number of carbonyl (C=O) groups is 2. The minimum absolute atomic E-state index is 0.0227. The third-order valence-electron chi connectivity index (χ3n) is 2.51. The summed E-state index contributed by atoms with van der Waals surface area (Å²) in [7, 11) is 1.46. The zero-order valence-electron chi connectivity index (χ0n) is 11.7. The van der Waals surface area contributed by atoms with E-state index in [0.717, 1.165) is 0 Å². The van der Waals surface area contributed by atoms with Gasteiger partial charge in [-0.05, 0) is 18.6 Å². The molecule has 1 rings (SSSR count). The minimum Gasteiger partial charge on any atom is -0.460 e. The summed E-state index contributed by atoms with van der Waals surface area (Å²) in [5.74, 6) is -1.27. The molecule has 0 unspecified atom stereocenters. The van der Waals surface area contributed by atoms with Gasteiger partial charge >= 0.3 is 5.97 Å². The lowest BCUT2D eigenvalue weighted by Gasteiger charge is -2.05. The molecule has 0 atom stereocenters. The lowest BCUT2D eigenvalue weighted by atomic mass is 10.1. The molecule has 0 N–H and O–H groups in total. The number of ketones is 1. The molecule has 0 fully saturated rings. The zero-order chi connectivity index (χ0) is 15.8. The molecule has 1 aromatic rings. The van der Waals surface area contributed by atoms with Crippen molar-refractivity contribution >= 4 is 23.5 Å². The van der Waals surface area contributed by atoms with Gasteiger partial charge in [-0.2, -0.15) is 0 Å². The number of hydrogen-bond acceptors (Lipinski definition) is 6. The summed E-state index contributed by atoms with van der Waals surface area (Å²) in [6.07, 6.45) is 1.27. The molecule has 0 aliphatic rings. The Morgan fingerprint density at radius 1 is 1.33 bits per heavy atom. The normalized spacial score (nSPS) is 11.0. The highest BCUT2D eigenvalue weighted by atomic mass is 16.6. The first-order valence-corrected chi connectivity index (χ1v) is 6.09. The fourth-order valence-corrected chi connectivity index (χ4v) is 1.49. The fraction of sp³-hybridized carbons (Fsp3) is 0.286. The molecule has 0 aromatic heterocycles. The number of methoxy groups -OCH3 is 1. The largest absolute Gasteiger partial charge is 0.460 e. The van der Waals surface area contributed by atoms with Crippen molar-refractivity contribution in [3.8, 4) is 0 Å². The first kappa shape index (κ1) is 16.5. The van der Waals surface area contributed by atoms with Crippen molar-refractivity contribution in [2.75, 3.05) is 20.3 Å².